The molecule has 1 saturated heterocycles. The van der Waals surface area contributed by atoms with Gasteiger partial charge in [0.1, 0.15) is 17.6 Å². The van der Waals surface area contributed by atoms with Crippen molar-refractivity contribution in [2.75, 3.05) is 7.11 Å². The number of piperidine rings is 1. The highest BCUT2D eigenvalue weighted by Gasteiger charge is 2.40. The van der Waals surface area contributed by atoms with Crippen LogP contribution in [0.2, 0.25) is 0 Å². The molecule has 4 rings (SSSR count). The molecular weight excluding hydrogens is 417 g/mol. The average Bonchev–Trinajstić information content (AvgIpc) is 3.10. The van der Waals surface area contributed by atoms with E-state index in [2.05, 4.69) is 10.6 Å². The molecule has 2 aliphatic rings. The fourth-order valence-electron chi connectivity index (χ4n) is 4.05. The van der Waals surface area contributed by atoms with Crippen molar-refractivity contribution in [3.05, 3.63) is 64.0 Å². The Balaban J connectivity index is 1.50. The van der Waals surface area contributed by atoms with Crippen LogP contribution in [0.25, 0.3) is 0 Å². The van der Waals surface area contributed by atoms with Crippen LogP contribution < -0.4 is 15.4 Å². The Bertz CT molecular complexity index is 1150. The van der Waals surface area contributed by atoms with Crippen molar-refractivity contribution in [2.24, 2.45) is 0 Å². The molecule has 0 aliphatic carbocycles. The Morgan fingerprint density at radius 2 is 2.03 bits per heavy atom. The summed E-state index contributed by atoms with van der Waals surface area (Å²) in [6.45, 7) is 1.73. The van der Waals surface area contributed by atoms with Crippen LogP contribution in [0.4, 0.5) is 4.39 Å². The number of methoxy groups -OCH3 is 1. The number of benzene rings is 2. The molecule has 32 heavy (non-hydrogen) atoms. The van der Waals surface area contributed by atoms with Crippen molar-refractivity contribution in [3.63, 3.8) is 0 Å². The van der Waals surface area contributed by atoms with E-state index in [0.717, 1.165) is 5.56 Å². The van der Waals surface area contributed by atoms with Crippen LogP contribution in [0.5, 0.6) is 5.75 Å². The molecule has 9 heteroatoms. The first-order valence-corrected chi connectivity index (χ1v) is 10.2. The number of nitrogens with one attached hydrogen (secondary N) is 2. The summed E-state index contributed by atoms with van der Waals surface area (Å²) in [7, 11) is 1.47. The molecule has 0 radical (unpaired) electrons. The van der Waals surface area contributed by atoms with Gasteiger partial charge in [0, 0.05) is 29.7 Å². The molecule has 1 atom stereocenters. The minimum atomic E-state index is -0.816. The molecule has 166 valence electrons. The standard InChI is InChI=1S/C23H22FN3O5/c1-12-3-5-15(18(9-12)32-2)21(29)25-10-13-4-6-14-16(20(13)24)11-27(23(14)31)17-7-8-19(28)26-22(17)30/h3-6,9,17H,7-8,10-11H2,1-2H3,(H,25,29)(H,26,28,30). The number of nitrogens with zero attached hydrogens (tertiary/aromatic N) is 1. The van der Waals surface area contributed by atoms with Crippen LogP contribution >= 0.6 is 0 Å². The highest BCUT2D eigenvalue weighted by atomic mass is 19.1. The van der Waals surface area contributed by atoms with Crippen LogP contribution in [0, 0.1) is 12.7 Å². The van der Waals surface area contributed by atoms with Gasteiger partial charge in [-0.1, -0.05) is 12.1 Å². The smallest absolute Gasteiger partial charge is 0.255 e. The van der Waals surface area contributed by atoms with Gasteiger partial charge in [0.15, 0.2) is 0 Å². The predicted molar refractivity (Wildman–Crippen MR) is 111 cm³/mol. The zero-order chi connectivity index (χ0) is 23.0. The minimum absolute atomic E-state index is 0.0696. The molecule has 8 nitrogen and oxygen atoms in total. The molecule has 1 fully saturated rings. The number of halogens is 1. The zero-order valence-corrected chi connectivity index (χ0v) is 17.7. The van der Waals surface area contributed by atoms with Gasteiger partial charge in [-0.25, -0.2) is 4.39 Å². The normalized spacial score (nSPS) is 17.8. The van der Waals surface area contributed by atoms with E-state index < -0.39 is 29.6 Å². The minimum Gasteiger partial charge on any atom is -0.496 e. The largest absolute Gasteiger partial charge is 0.496 e. The van der Waals surface area contributed by atoms with E-state index in [1.54, 1.807) is 18.2 Å². The topological polar surface area (TPSA) is 105 Å². The molecular formula is C23H22FN3O5. The molecule has 0 spiro atoms. The Morgan fingerprint density at radius 3 is 2.75 bits per heavy atom. The number of aryl methyl sites for hydroxylation is 1. The van der Waals surface area contributed by atoms with Crippen molar-refractivity contribution < 1.29 is 28.3 Å². The Kier molecular flexibility index (Phi) is 5.65. The third kappa shape index (κ3) is 3.81. The van der Waals surface area contributed by atoms with Crippen LogP contribution in [-0.4, -0.2) is 41.7 Å². The van der Waals surface area contributed by atoms with Gasteiger partial charge in [0.05, 0.1) is 19.2 Å². The van der Waals surface area contributed by atoms with Crippen molar-refractivity contribution in [1.29, 1.82) is 0 Å². The second-order valence-corrected chi connectivity index (χ2v) is 7.85. The van der Waals surface area contributed by atoms with E-state index in [0.29, 0.717) is 11.3 Å². The molecule has 0 saturated carbocycles. The van der Waals surface area contributed by atoms with Crippen molar-refractivity contribution in [1.82, 2.24) is 15.5 Å². The lowest BCUT2D eigenvalue weighted by Gasteiger charge is -2.29. The first-order chi connectivity index (χ1) is 15.3. The average molecular weight is 439 g/mol. The number of ether oxygens (including phenoxy) is 1. The number of amides is 4. The molecule has 2 aromatic carbocycles. The predicted octanol–water partition coefficient (Wildman–Crippen LogP) is 1.83. The molecule has 1 unspecified atom stereocenters. The number of carbonyl (C=O) groups excluding carboxylic acids is 4. The van der Waals surface area contributed by atoms with E-state index in [9.17, 15) is 19.2 Å². The summed E-state index contributed by atoms with van der Waals surface area (Å²) in [6.07, 6.45) is 0.325. The van der Waals surface area contributed by atoms with Crippen LogP contribution in [-0.2, 0) is 22.7 Å². The number of fused-ring (bicyclic) bond motifs is 1. The SMILES string of the molecule is COc1cc(C)ccc1C(=O)NCc1ccc2c(c1F)CN(C1CCC(=O)NC1=O)C2=O. The van der Waals surface area contributed by atoms with E-state index in [1.807, 2.05) is 6.92 Å². The lowest BCUT2D eigenvalue weighted by molar-refractivity contribution is -0.136. The highest BCUT2D eigenvalue weighted by Crippen LogP contribution is 2.31. The summed E-state index contributed by atoms with van der Waals surface area (Å²) >= 11 is 0. The Morgan fingerprint density at radius 1 is 1.25 bits per heavy atom. The Hall–Kier alpha value is -3.75. The summed E-state index contributed by atoms with van der Waals surface area (Å²) < 4.78 is 20.4. The number of hydrogen-bond donors (Lipinski definition) is 2. The third-order valence-corrected chi connectivity index (χ3v) is 5.77. The van der Waals surface area contributed by atoms with Gasteiger partial charge in [-0.15, -0.1) is 0 Å². The van der Waals surface area contributed by atoms with Crippen LogP contribution in [0.1, 0.15) is 50.2 Å². The monoisotopic (exact) mass is 439 g/mol. The Labute approximate surface area is 183 Å². The number of hydrogen-bond acceptors (Lipinski definition) is 5. The number of carbonyl (C=O) groups is 4. The summed E-state index contributed by atoms with van der Waals surface area (Å²) in [5.74, 6) is -1.98. The molecule has 2 aromatic rings. The molecule has 4 amide bonds. The summed E-state index contributed by atoms with van der Waals surface area (Å²) in [5.41, 5.74) is 1.86. The van der Waals surface area contributed by atoms with Gasteiger partial charge in [-0.3, -0.25) is 24.5 Å². The maximum atomic E-state index is 15.2. The fourth-order valence-corrected chi connectivity index (χ4v) is 4.05. The van der Waals surface area contributed by atoms with Gasteiger partial charge in [-0.05, 0) is 37.1 Å². The van der Waals surface area contributed by atoms with Gasteiger partial charge in [-0.2, -0.15) is 0 Å². The quantitative estimate of drug-likeness (QED) is 0.692. The highest BCUT2D eigenvalue weighted by molar-refractivity contribution is 6.05. The van der Waals surface area contributed by atoms with Crippen molar-refractivity contribution >= 4 is 23.6 Å². The summed E-state index contributed by atoms with van der Waals surface area (Å²) in [4.78, 5) is 50.1. The van der Waals surface area contributed by atoms with E-state index >= 15 is 4.39 Å². The molecule has 2 aliphatic heterocycles. The number of imide groups is 1. The van der Waals surface area contributed by atoms with Crippen molar-refractivity contribution in [2.45, 2.75) is 38.9 Å². The molecule has 2 heterocycles. The maximum absolute atomic E-state index is 15.2. The first kappa shape index (κ1) is 21.5. The van der Waals surface area contributed by atoms with Gasteiger partial charge in [0.2, 0.25) is 11.8 Å². The van der Waals surface area contributed by atoms with Crippen molar-refractivity contribution in [3.8, 4) is 5.75 Å². The molecule has 0 aromatic heterocycles. The van der Waals surface area contributed by atoms with Crippen LogP contribution in [0.3, 0.4) is 0 Å². The lowest BCUT2D eigenvalue weighted by Crippen LogP contribution is -2.52. The molecule has 2 N–H and O–H groups in total. The van der Waals surface area contributed by atoms with Crippen LogP contribution in [0.15, 0.2) is 30.3 Å². The second kappa shape index (κ2) is 8.41. The van der Waals surface area contributed by atoms with Gasteiger partial charge < -0.3 is 15.0 Å². The number of rotatable bonds is 5. The summed E-state index contributed by atoms with van der Waals surface area (Å²) in [5, 5.41) is 4.90. The fraction of sp³-hybridized carbons (Fsp3) is 0.304. The summed E-state index contributed by atoms with van der Waals surface area (Å²) in [6, 6.07) is 7.29. The first-order valence-electron chi connectivity index (χ1n) is 10.2. The lowest BCUT2D eigenvalue weighted by atomic mass is 10.0. The second-order valence-electron chi connectivity index (χ2n) is 7.85. The van der Waals surface area contributed by atoms with E-state index in [4.69, 9.17) is 4.74 Å². The third-order valence-electron chi connectivity index (χ3n) is 5.77. The van der Waals surface area contributed by atoms with E-state index in [1.165, 1.54) is 24.1 Å². The zero-order valence-electron chi connectivity index (χ0n) is 17.7. The maximum Gasteiger partial charge on any atom is 0.255 e. The van der Waals surface area contributed by atoms with Gasteiger partial charge in [0.25, 0.3) is 11.8 Å². The van der Waals surface area contributed by atoms with E-state index in [-0.39, 0.29) is 48.5 Å². The molecule has 0 bridgehead atoms. The van der Waals surface area contributed by atoms with Gasteiger partial charge >= 0.3 is 0 Å².